The van der Waals surface area contributed by atoms with Crippen LogP contribution in [0.5, 0.6) is 0 Å². The van der Waals surface area contributed by atoms with E-state index in [1.165, 1.54) is 28.6 Å². The summed E-state index contributed by atoms with van der Waals surface area (Å²) < 4.78 is 37.4. The van der Waals surface area contributed by atoms with Gasteiger partial charge in [-0.3, -0.25) is 9.59 Å². The average molecular weight is 478 g/mol. The molecule has 33 heavy (non-hydrogen) atoms. The van der Waals surface area contributed by atoms with Gasteiger partial charge in [-0.15, -0.1) is 0 Å². The summed E-state index contributed by atoms with van der Waals surface area (Å²) in [6.45, 7) is 4.07. The van der Waals surface area contributed by atoms with Crippen molar-refractivity contribution in [1.82, 2.24) is 14.6 Å². The number of hydrogen-bond donors (Lipinski definition) is 2. The van der Waals surface area contributed by atoms with Crippen molar-refractivity contribution in [3.05, 3.63) is 53.9 Å². The lowest BCUT2D eigenvalue weighted by Crippen LogP contribution is -2.45. The number of rotatable bonds is 9. The predicted octanol–water partition coefficient (Wildman–Crippen LogP) is 1.22. The number of benzene rings is 1. The number of esters is 1. The number of sulfonamides is 1. The van der Waals surface area contributed by atoms with Crippen molar-refractivity contribution >= 4 is 27.7 Å². The normalized spacial score (nSPS) is 15.7. The van der Waals surface area contributed by atoms with E-state index in [2.05, 4.69) is 10.3 Å². The summed E-state index contributed by atoms with van der Waals surface area (Å²) in [6.07, 6.45) is 1.58. The zero-order chi connectivity index (χ0) is 24.0. The molecule has 1 amide bonds. The third-order valence-electron chi connectivity index (χ3n) is 5.16. The lowest BCUT2D eigenvalue weighted by atomic mass is 10.0. The number of H-pyrrole nitrogens is 1. The van der Waals surface area contributed by atoms with Crippen molar-refractivity contribution in [2.24, 2.45) is 5.92 Å². The highest BCUT2D eigenvalue weighted by atomic mass is 32.2. The first kappa shape index (κ1) is 24.6. The minimum absolute atomic E-state index is 0.0164. The molecule has 1 unspecified atom stereocenters. The molecule has 10 nitrogen and oxygen atoms in total. The van der Waals surface area contributed by atoms with Crippen molar-refractivity contribution in [1.29, 1.82) is 0 Å². The molecular formula is C22H27N3O7S. The van der Waals surface area contributed by atoms with E-state index >= 15 is 0 Å². The summed E-state index contributed by atoms with van der Waals surface area (Å²) in [5, 5.41) is 2.59. The molecule has 1 aliphatic rings. The van der Waals surface area contributed by atoms with E-state index < -0.39 is 40.3 Å². The first-order chi connectivity index (χ1) is 15.7. The minimum Gasteiger partial charge on any atom is -0.456 e. The molecular weight excluding hydrogens is 450 g/mol. The molecule has 1 aromatic heterocycles. The van der Waals surface area contributed by atoms with Gasteiger partial charge in [-0.2, -0.15) is 4.31 Å². The topological polar surface area (TPSA) is 135 Å². The van der Waals surface area contributed by atoms with Gasteiger partial charge in [0.2, 0.25) is 15.8 Å². The van der Waals surface area contributed by atoms with Crippen LogP contribution < -0.4 is 5.32 Å². The van der Waals surface area contributed by atoms with E-state index in [1.54, 1.807) is 32.2 Å². The average Bonchev–Trinajstić information content (AvgIpc) is 3.36. The second-order valence-corrected chi connectivity index (χ2v) is 9.79. The largest absolute Gasteiger partial charge is 0.456 e. The van der Waals surface area contributed by atoms with Crippen LogP contribution in [0.2, 0.25) is 0 Å². The van der Waals surface area contributed by atoms with Gasteiger partial charge in [-0.1, -0.05) is 19.9 Å². The number of ketones is 1. The first-order valence-electron chi connectivity index (χ1n) is 10.5. The first-order valence-corrected chi connectivity index (χ1v) is 12.0. The van der Waals surface area contributed by atoms with E-state index in [1.807, 2.05) is 0 Å². The van der Waals surface area contributed by atoms with Crippen molar-refractivity contribution in [2.75, 3.05) is 32.9 Å². The summed E-state index contributed by atoms with van der Waals surface area (Å²) >= 11 is 0. The van der Waals surface area contributed by atoms with Crippen LogP contribution in [0, 0.1) is 5.92 Å². The number of aromatic amines is 1. The number of hydrogen-bond acceptors (Lipinski definition) is 7. The Morgan fingerprint density at radius 3 is 2.52 bits per heavy atom. The molecule has 3 rings (SSSR count). The molecule has 0 aliphatic carbocycles. The van der Waals surface area contributed by atoms with Crippen LogP contribution in [0.25, 0.3) is 0 Å². The molecule has 1 atom stereocenters. The van der Waals surface area contributed by atoms with E-state index in [0.29, 0.717) is 18.9 Å². The van der Waals surface area contributed by atoms with Crippen molar-refractivity contribution in [2.45, 2.75) is 24.8 Å². The molecule has 2 aromatic rings. The van der Waals surface area contributed by atoms with Gasteiger partial charge in [0.05, 0.1) is 23.8 Å². The molecule has 1 aliphatic heterocycles. The maximum Gasteiger partial charge on any atom is 0.329 e. The van der Waals surface area contributed by atoms with Crippen LogP contribution in [-0.2, 0) is 24.3 Å². The molecule has 0 saturated carbocycles. The fraction of sp³-hybridized carbons (Fsp3) is 0.409. The van der Waals surface area contributed by atoms with E-state index in [9.17, 15) is 22.8 Å². The molecule has 2 heterocycles. The number of carbonyl (C=O) groups is 3. The second-order valence-electron chi connectivity index (χ2n) is 7.85. The number of nitrogens with zero attached hydrogens (tertiary/aromatic N) is 1. The SMILES string of the molecule is CC(C)C(NC(=O)c1cccc(S(=O)(=O)N2CCOCC2)c1)C(=O)OCC(=O)c1ccc[nH]1. The highest BCUT2D eigenvalue weighted by Gasteiger charge is 2.29. The van der Waals surface area contributed by atoms with Gasteiger partial charge < -0.3 is 19.8 Å². The summed E-state index contributed by atoms with van der Waals surface area (Å²) in [5.41, 5.74) is 0.400. The lowest BCUT2D eigenvalue weighted by molar-refractivity contribution is -0.145. The smallest absolute Gasteiger partial charge is 0.329 e. The monoisotopic (exact) mass is 477 g/mol. The van der Waals surface area contributed by atoms with Crippen molar-refractivity contribution in [3.63, 3.8) is 0 Å². The Morgan fingerprint density at radius 1 is 1.15 bits per heavy atom. The van der Waals surface area contributed by atoms with Gasteiger partial charge in [-0.05, 0) is 36.2 Å². The van der Waals surface area contributed by atoms with Crippen LogP contribution in [0.15, 0.2) is 47.5 Å². The molecule has 0 radical (unpaired) electrons. The molecule has 0 bridgehead atoms. The highest BCUT2D eigenvalue weighted by Crippen LogP contribution is 2.19. The Kier molecular flexibility index (Phi) is 8.01. The predicted molar refractivity (Wildman–Crippen MR) is 118 cm³/mol. The molecule has 0 spiro atoms. The molecule has 11 heteroatoms. The number of ether oxygens (including phenoxy) is 2. The molecule has 2 N–H and O–H groups in total. The second kappa shape index (κ2) is 10.7. The highest BCUT2D eigenvalue weighted by molar-refractivity contribution is 7.89. The quantitative estimate of drug-likeness (QED) is 0.409. The maximum absolute atomic E-state index is 12.9. The van der Waals surface area contributed by atoms with Crippen molar-refractivity contribution in [3.8, 4) is 0 Å². The lowest BCUT2D eigenvalue weighted by Gasteiger charge is -2.26. The van der Waals surface area contributed by atoms with Crippen LogP contribution >= 0.6 is 0 Å². The van der Waals surface area contributed by atoms with Gasteiger partial charge in [0.1, 0.15) is 6.04 Å². The fourth-order valence-electron chi connectivity index (χ4n) is 3.26. The van der Waals surface area contributed by atoms with Gasteiger partial charge in [0.25, 0.3) is 5.91 Å². The summed E-state index contributed by atoms with van der Waals surface area (Å²) in [7, 11) is -3.78. The fourth-order valence-corrected chi connectivity index (χ4v) is 4.72. The Morgan fingerprint density at radius 2 is 1.88 bits per heavy atom. The Bertz CT molecular complexity index is 1090. The minimum atomic E-state index is -3.78. The third kappa shape index (κ3) is 6.06. The third-order valence-corrected chi connectivity index (χ3v) is 7.05. The Balaban J connectivity index is 1.68. The van der Waals surface area contributed by atoms with Gasteiger partial charge in [0, 0.05) is 24.8 Å². The van der Waals surface area contributed by atoms with Crippen LogP contribution in [0.3, 0.4) is 0 Å². The van der Waals surface area contributed by atoms with Crippen LogP contribution in [0.1, 0.15) is 34.7 Å². The zero-order valence-electron chi connectivity index (χ0n) is 18.4. The van der Waals surface area contributed by atoms with Gasteiger partial charge in [-0.25, -0.2) is 13.2 Å². The van der Waals surface area contributed by atoms with E-state index in [4.69, 9.17) is 9.47 Å². The number of aromatic nitrogens is 1. The molecule has 1 fully saturated rings. The summed E-state index contributed by atoms with van der Waals surface area (Å²) in [5.74, 6) is -2.11. The summed E-state index contributed by atoms with van der Waals surface area (Å²) in [6, 6.07) is 7.83. The maximum atomic E-state index is 12.9. The Hall–Kier alpha value is -3.02. The van der Waals surface area contributed by atoms with E-state index in [0.717, 1.165) is 0 Å². The number of morpholine rings is 1. The number of Topliss-reactive ketones (excluding diaryl/α,β-unsaturated/α-hetero) is 1. The van der Waals surface area contributed by atoms with Gasteiger partial charge in [0.15, 0.2) is 6.61 Å². The Labute approximate surface area is 192 Å². The standard InChI is InChI=1S/C22H27N3O7S/c1-15(2)20(22(28)32-14-19(26)18-7-4-8-23-18)24-21(27)16-5-3-6-17(13-16)33(29,30)25-9-11-31-12-10-25/h3-8,13,15,20,23H,9-12,14H2,1-2H3,(H,24,27). The number of amides is 1. The zero-order valence-corrected chi connectivity index (χ0v) is 19.3. The van der Waals surface area contributed by atoms with E-state index in [-0.39, 0.29) is 29.5 Å². The molecule has 1 saturated heterocycles. The molecule has 178 valence electrons. The van der Waals surface area contributed by atoms with Crippen molar-refractivity contribution < 1.29 is 32.3 Å². The summed E-state index contributed by atoms with van der Waals surface area (Å²) in [4.78, 5) is 40.1. The van der Waals surface area contributed by atoms with Crippen LogP contribution in [0.4, 0.5) is 0 Å². The number of carbonyl (C=O) groups excluding carboxylic acids is 3. The number of nitrogens with one attached hydrogen (secondary N) is 2. The van der Waals surface area contributed by atoms with Crippen LogP contribution in [-0.4, -0.2) is 74.3 Å². The molecule has 1 aromatic carbocycles. The van der Waals surface area contributed by atoms with Gasteiger partial charge >= 0.3 is 5.97 Å².